The van der Waals surface area contributed by atoms with Crippen molar-refractivity contribution < 1.29 is 19.7 Å². The lowest BCUT2D eigenvalue weighted by Gasteiger charge is -2.23. The van der Waals surface area contributed by atoms with E-state index >= 15 is 0 Å². The van der Waals surface area contributed by atoms with Crippen molar-refractivity contribution in [2.45, 2.75) is 6.42 Å². The number of nitrogens with one attached hydrogen (secondary N) is 1. The quantitative estimate of drug-likeness (QED) is 0.328. The lowest BCUT2D eigenvalue weighted by Crippen LogP contribution is -3.14. The summed E-state index contributed by atoms with van der Waals surface area (Å²) < 4.78 is 5.29. The number of morpholine rings is 1. The molecule has 0 radical (unpaired) electrons. The molecule has 1 aliphatic heterocycles. The van der Waals surface area contributed by atoms with E-state index in [0.717, 1.165) is 39.3 Å². The normalized spacial score (nSPS) is 16.4. The Bertz CT molecular complexity index is 513. The highest BCUT2D eigenvalue weighted by molar-refractivity contribution is 5.85. The molecule has 0 bridgehead atoms. The van der Waals surface area contributed by atoms with Gasteiger partial charge < -0.3 is 14.7 Å². The number of hydrogen-bond acceptors (Lipinski definition) is 5. The van der Waals surface area contributed by atoms with Gasteiger partial charge in [-0.3, -0.25) is 15.1 Å². The third-order valence-corrected chi connectivity index (χ3v) is 3.47. The summed E-state index contributed by atoms with van der Waals surface area (Å²) in [7, 11) is 0. The van der Waals surface area contributed by atoms with E-state index in [0.29, 0.717) is 6.54 Å². The minimum Gasteiger partial charge on any atom is -0.867 e. The molecular formula is C14H19N3O4. The van der Waals surface area contributed by atoms with Crippen molar-refractivity contribution in [3.8, 4) is 5.75 Å². The lowest BCUT2D eigenvalue weighted by atomic mass is 10.2. The molecule has 1 aromatic carbocycles. The first kappa shape index (κ1) is 15.4. The van der Waals surface area contributed by atoms with Gasteiger partial charge in [-0.1, -0.05) is 12.1 Å². The first-order valence-electron chi connectivity index (χ1n) is 7.04. The van der Waals surface area contributed by atoms with Crippen LogP contribution in [0.4, 0.5) is 5.69 Å². The molecular weight excluding hydrogens is 274 g/mol. The molecule has 1 saturated heterocycles. The third-order valence-electron chi connectivity index (χ3n) is 3.47. The van der Waals surface area contributed by atoms with Gasteiger partial charge in [0.15, 0.2) is 0 Å². The van der Waals surface area contributed by atoms with E-state index in [1.807, 2.05) is 0 Å². The minimum absolute atomic E-state index is 0.267. The maximum Gasteiger partial charge on any atom is 0.262 e. The Morgan fingerprint density at radius 3 is 2.86 bits per heavy atom. The summed E-state index contributed by atoms with van der Waals surface area (Å²) in [6.07, 6.45) is 2.36. The van der Waals surface area contributed by atoms with Crippen molar-refractivity contribution in [2.24, 2.45) is 4.99 Å². The predicted molar refractivity (Wildman–Crippen MR) is 76.0 cm³/mol. The molecule has 0 aliphatic carbocycles. The summed E-state index contributed by atoms with van der Waals surface area (Å²) in [5.74, 6) is -0.579. The van der Waals surface area contributed by atoms with Gasteiger partial charge in [0.2, 0.25) is 0 Å². The Balaban J connectivity index is 1.81. The number of hydrogen-bond donors (Lipinski definition) is 1. The third kappa shape index (κ3) is 4.51. The Morgan fingerprint density at radius 1 is 1.38 bits per heavy atom. The highest BCUT2D eigenvalue weighted by atomic mass is 16.6. The van der Waals surface area contributed by atoms with Crippen LogP contribution in [-0.2, 0) is 4.74 Å². The number of ether oxygens (including phenoxy) is 1. The van der Waals surface area contributed by atoms with Crippen molar-refractivity contribution >= 4 is 11.9 Å². The van der Waals surface area contributed by atoms with Gasteiger partial charge in [0.25, 0.3) is 5.69 Å². The SMILES string of the molecule is O=[N+]([O-])c1cccc(C=NCCC[NH+]2CCOCC2)c1[O-]. The summed E-state index contributed by atoms with van der Waals surface area (Å²) in [5.41, 5.74) is -0.139. The van der Waals surface area contributed by atoms with Crippen LogP contribution < -0.4 is 10.0 Å². The molecule has 0 saturated carbocycles. The largest absolute Gasteiger partial charge is 0.867 e. The Morgan fingerprint density at radius 2 is 2.14 bits per heavy atom. The number of para-hydroxylation sites is 1. The van der Waals surface area contributed by atoms with Gasteiger partial charge >= 0.3 is 0 Å². The van der Waals surface area contributed by atoms with Gasteiger partial charge in [-0.25, -0.2) is 0 Å². The molecule has 1 N–H and O–H groups in total. The molecule has 0 amide bonds. The van der Waals surface area contributed by atoms with Crippen LogP contribution in [0.2, 0.25) is 0 Å². The molecule has 1 heterocycles. The van der Waals surface area contributed by atoms with Gasteiger partial charge in [0.05, 0.1) is 24.7 Å². The van der Waals surface area contributed by atoms with Crippen molar-refractivity contribution in [3.63, 3.8) is 0 Å². The van der Waals surface area contributed by atoms with Crippen LogP contribution in [0.3, 0.4) is 0 Å². The Hall–Kier alpha value is -1.99. The highest BCUT2D eigenvalue weighted by Crippen LogP contribution is 2.25. The molecule has 1 aliphatic rings. The molecule has 1 fully saturated rings. The lowest BCUT2D eigenvalue weighted by molar-refractivity contribution is -0.908. The molecule has 0 unspecified atom stereocenters. The number of aliphatic imine (C=N–C) groups is 1. The standard InChI is InChI=1S/C14H19N3O4/c18-14-12(3-1-4-13(14)17(19)20)11-15-5-2-6-16-7-9-21-10-8-16/h1,3-4,11,18H,2,5-10H2. The van der Waals surface area contributed by atoms with Crippen LogP contribution in [0.1, 0.15) is 12.0 Å². The molecule has 7 nitrogen and oxygen atoms in total. The Labute approximate surface area is 123 Å². The zero-order valence-electron chi connectivity index (χ0n) is 11.8. The molecule has 0 aromatic heterocycles. The van der Waals surface area contributed by atoms with Crippen LogP contribution in [0.15, 0.2) is 23.2 Å². The second-order valence-electron chi connectivity index (χ2n) is 4.95. The second kappa shape index (κ2) is 7.70. The average molecular weight is 293 g/mol. The monoisotopic (exact) mass is 293 g/mol. The van der Waals surface area contributed by atoms with Crippen LogP contribution >= 0.6 is 0 Å². The van der Waals surface area contributed by atoms with Crippen LogP contribution in [0.5, 0.6) is 5.75 Å². The van der Waals surface area contributed by atoms with Crippen LogP contribution in [0, 0.1) is 10.1 Å². The van der Waals surface area contributed by atoms with Crippen molar-refractivity contribution in [1.82, 2.24) is 0 Å². The molecule has 114 valence electrons. The van der Waals surface area contributed by atoms with Crippen molar-refractivity contribution in [1.29, 1.82) is 0 Å². The summed E-state index contributed by atoms with van der Waals surface area (Å²) in [6.45, 7) is 5.32. The van der Waals surface area contributed by atoms with Gasteiger partial charge in [-0.2, -0.15) is 0 Å². The molecule has 7 heteroatoms. The van der Waals surface area contributed by atoms with Crippen molar-refractivity contribution in [2.75, 3.05) is 39.4 Å². The van der Waals surface area contributed by atoms with E-state index in [1.165, 1.54) is 23.2 Å². The number of nitro benzene ring substituents is 1. The molecule has 1 aromatic rings. The zero-order valence-corrected chi connectivity index (χ0v) is 11.8. The topological polar surface area (TPSA) is 92.2 Å². The first-order chi connectivity index (χ1) is 10.2. The van der Waals surface area contributed by atoms with Crippen LogP contribution in [0.25, 0.3) is 0 Å². The van der Waals surface area contributed by atoms with Crippen molar-refractivity contribution in [3.05, 3.63) is 33.9 Å². The second-order valence-corrected chi connectivity index (χ2v) is 4.95. The molecule has 0 spiro atoms. The van der Waals surface area contributed by atoms with Crippen LogP contribution in [-0.4, -0.2) is 50.5 Å². The van der Waals surface area contributed by atoms with E-state index in [-0.39, 0.29) is 5.56 Å². The molecule has 0 atom stereocenters. The van der Waals surface area contributed by atoms with E-state index in [4.69, 9.17) is 4.74 Å². The number of quaternary nitrogens is 1. The molecule has 2 rings (SSSR count). The zero-order chi connectivity index (χ0) is 15.1. The molecule has 21 heavy (non-hydrogen) atoms. The Kier molecular flexibility index (Phi) is 5.65. The number of benzene rings is 1. The van der Waals surface area contributed by atoms with E-state index < -0.39 is 16.4 Å². The summed E-state index contributed by atoms with van der Waals surface area (Å²) >= 11 is 0. The van der Waals surface area contributed by atoms with Gasteiger partial charge in [-0.05, 0) is 11.3 Å². The number of nitrogens with zero attached hydrogens (tertiary/aromatic N) is 2. The first-order valence-corrected chi connectivity index (χ1v) is 7.04. The number of nitro groups is 1. The minimum atomic E-state index is -0.665. The highest BCUT2D eigenvalue weighted by Gasteiger charge is 2.12. The fourth-order valence-electron chi connectivity index (χ4n) is 2.28. The fraction of sp³-hybridized carbons (Fsp3) is 0.500. The van der Waals surface area contributed by atoms with Gasteiger partial charge in [0.1, 0.15) is 13.1 Å². The maximum absolute atomic E-state index is 11.8. The average Bonchev–Trinajstić information content (AvgIpc) is 2.49. The van der Waals surface area contributed by atoms with Gasteiger partial charge in [-0.15, -0.1) is 0 Å². The van der Waals surface area contributed by atoms with E-state index in [1.54, 1.807) is 6.07 Å². The van der Waals surface area contributed by atoms with E-state index in [2.05, 4.69) is 4.99 Å². The predicted octanol–water partition coefficient (Wildman–Crippen LogP) is -0.607. The fourth-order valence-corrected chi connectivity index (χ4v) is 2.28. The van der Waals surface area contributed by atoms with E-state index in [9.17, 15) is 15.2 Å². The smallest absolute Gasteiger partial charge is 0.262 e. The summed E-state index contributed by atoms with van der Waals surface area (Å²) in [4.78, 5) is 15.7. The summed E-state index contributed by atoms with van der Waals surface area (Å²) in [5, 5.41) is 22.4. The number of rotatable bonds is 6. The summed E-state index contributed by atoms with van der Waals surface area (Å²) in [6, 6.07) is 4.26. The maximum atomic E-state index is 11.8. The van der Waals surface area contributed by atoms with Gasteiger partial charge in [0, 0.05) is 25.2 Å².